The molecule has 8 nitrogen and oxygen atoms in total. The van der Waals surface area contributed by atoms with Gasteiger partial charge in [-0.15, -0.1) is 0 Å². The predicted molar refractivity (Wildman–Crippen MR) is 173 cm³/mol. The number of ether oxygens (including phenoxy) is 1. The van der Waals surface area contributed by atoms with Gasteiger partial charge in [-0.05, 0) is 81.6 Å². The van der Waals surface area contributed by atoms with Gasteiger partial charge in [-0.25, -0.2) is 8.42 Å². The minimum atomic E-state index is -3.62. The maximum Gasteiger partial charge on any atom is 0.243 e. The van der Waals surface area contributed by atoms with Gasteiger partial charge in [-0.1, -0.05) is 54.1 Å². The highest BCUT2D eigenvalue weighted by Gasteiger charge is 2.32. The fourth-order valence-corrected chi connectivity index (χ4v) is 5.90. The molecule has 1 atom stereocenters. The normalized spacial score (nSPS) is 12.3. The van der Waals surface area contributed by atoms with Crippen molar-refractivity contribution in [2.24, 2.45) is 0 Å². The van der Waals surface area contributed by atoms with E-state index in [2.05, 4.69) is 5.32 Å². The zero-order chi connectivity index (χ0) is 31.6. The van der Waals surface area contributed by atoms with Gasteiger partial charge in [-0.3, -0.25) is 13.9 Å². The monoisotopic (exact) mass is 627 g/mol. The molecule has 0 heterocycles. The topological polar surface area (TPSA) is 96.0 Å². The van der Waals surface area contributed by atoms with Crippen LogP contribution in [0.25, 0.3) is 0 Å². The van der Waals surface area contributed by atoms with Crippen LogP contribution in [0.4, 0.5) is 5.69 Å². The molecule has 0 aliphatic heterocycles. The van der Waals surface area contributed by atoms with Crippen molar-refractivity contribution in [3.63, 3.8) is 0 Å². The van der Waals surface area contributed by atoms with E-state index in [1.807, 2.05) is 70.2 Å². The highest BCUT2D eigenvalue weighted by molar-refractivity contribution is 7.92. The molecule has 0 unspecified atom stereocenters. The average Bonchev–Trinajstić information content (AvgIpc) is 2.92. The summed E-state index contributed by atoms with van der Waals surface area (Å²) in [4.78, 5) is 29.2. The van der Waals surface area contributed by atoms with E-state index in [-0.39, 0.29) is 37.7 Å². The number of sulfonamides is 1. The van der Waals surface area contributed by atoms with Crippen LogP contribution in [0.3, 0.4) is 0 Å². The maximum absolute atomic E-state index is 13.9. The molecule has 0 aromatic heterocycles. The summed E-state index contributed by atoms with van der Waals surface area (Å²) in [7, 11) is -3.62. The van der Waals surface area contributed by atoms with Gasteiger partial charge >= 0.3 is 0 Å². The largest absolute Gasteiger partial charge is 0.494 e. The Balaban J connectivity index is 1.88. The van der Waals surface area contributed by atoms with Gasteiger partial charge in [0.05, 0.1) is 18.6 Å². The molecule has 0 spiro atoms. The first-order valence-corrected chi connectivity index (χ1v) is 16.6. The molecule has 0 saturated heterocycles. The van der Waals surface area contributed by atoms with Gasteiger partial charge in [0.1, 0.15) is 11.8 Å². The second-order valence-corrected chi connectivity index (χ2v) is 13.8. The summed E-state index contributed by atoms with van der Waals surface area (Å²) in [6, 6.07) is 22.8. The molecule has 0 radical (unpaired) electrons. The van der Waals surface area contributed by atoms with E-state index < -0.39 is 21.6 Å². The van der Waals surface area contributed by atoms with Crippen molar-refractivity contribution in [2.75, 3.05) is 23.7 Å². The van der Waals surface area contributed by atoms with Crippen molar-refractivity contribution in [3.05, 3.63) is 95.0 Å². The van der Waals surface area contributed by atoms with Gasteiger partial charge in [0, 0.05) is 36.5 Å². The molecule has 43 heavy (non-hydrogen) atoms. The van der Waals surface area contributed by atoms with Crippen LogP contribution < -0.4 is 14.4 Å². The number of hydrogen-bond acceptors (Lipinski definition) is 5. The number of nitrogens with zero attached hydrogens (tertiary/aromatic N) is 2. The summed E-state index contributed by atoms with van der Waals surface area (Å²) in [5.41, 5.74) is 1.68. The van der Waals surface area contributed by atoms with Gasteiger partial charge in [0.25, 0.3) is 0 Å². The number of carbonyl (C=O) groups is 2. The summed E-state index contributed by atoms with van der Waals surface area (Å²) in [5.74, 6) is 0.119. The van der Waals surface area contributed by atoms with Crippen molar-refractivity contribution in [3.8, 4) is 5.75 Å². The molecule has 0 saturated carbocycles. The molecule has 232 valence electrons. The van der Waals surface area contributed by atoms with Crippen LogP contribution in [0.1, 0.15) is 51.7 Å². The highest BCUT2D eigenvalue weighted by Crippen LogP contribution is 2.23. The second-order valence-electron chi connectivity index (χ2n) is 11.5. The van der Waals surface area contributed by atoms with E-state index in [1.165, 1.54) is 4.31 Å². The summed E-state index contributed by atoms with van der Waals surface area (Å²) >= 11 is 6.26. The lowest BCUT2D eigenvalue weighted by molar-refractivity contribution is -0.142. The Bertz CT molecular complexity index is 1460. The van der Waals surface area contributed by atoms with E-state index in [0.29, 0.717) is 29.5 Å². The van der Waals surface area contributed by atoms with Gasteiger partial charge < -0.3 is 15.0 Å². The Morgan fingerprint density at radius 3 is 2.19 bits per heavy atom. The Hall–Kier alpha value is -3.56. The van der Waals surface area contributed by atoms with Crippen LogP contribution in [0.5, 0.6) is 5.75 Å². The lowest BCUT2D eigenvalue weighted by Gasteiger charge is -2.34. The fourth-order valence-electron chi connectivity index (χ4n) is 4.72. The number of anilines is 1. The number of rotatable bonds is 14. The zero-order valence-electron chi connectivity index (χ0n) is 25.5. The smallest absolute Gasteiger partial charge is 0.243 e. The predicted octanol–water partition coefficient (Wildman–Crippen LogP) is 5.84. The third-order valence-electron chi connectivity index (χ3n) is 6.60. The van der Waals surface area contributed by atoms with Crippen molar-refractivity contribution >= 4 is 39.1 Å². The Morgan fingerprint density at radius 2 is 1.60 bits per heavy atom. The molecular formula is C33H42ClN3O5S. The van der Waals surface area contributed by atoms with E-state index in [9.17, 15) is 18.0 Å². The van der Waals surface area contributed by atoms with E-state index >= 15 is 0 Å². The average molecular weight is 628 g/mol. The SMILES string of the molecule is CCOc1ccc(N(CCCC(=O)N(Cc2cccc(Cl)c2)[C@H](Cc2ccccc2)C(=O)NC(C)(C)C)S(C)(=O)=O)cc1. The number of halogens is 1. The Labute approximate surface area is 261 Å². The standard InChI is InChI=1S/C33H42ClN3O5S/c1-6-42-29-19-17-28(18-20-29)37(43(5,40)41)21-11-16-31(38)36(24-26-14-10-15-27(34)22-26)30(32(39)35-33(2,3)4)23-25-12-8-7-9-13-25/h7-10,12-15,17-20,22,30H,6,11,16,21,23-24H2,1-5H3,(H,35,39)/t30-/m1/s1. The lowest BCUT2D eigenvalue weighted by atomic mass is 10.00. The lowest BCUT2D eigenvalue weighted by Crippen LogP contribution is -2.54. The van der Waals surface area contributed by atoms with Crippen LogP contribution in [-0.2, 0) is 32.6 Å². The van der Waals surface area contributed by atoms with Gasteiger partial charge in [0.2, 0.25) is 21.8 Å². The minimum absolute atomic E-state index is 0.0394. The van der Waals surface area contributed by atoms with Crippen LogP contribution in [0.15, 0.2) is 78.9 Å². The van der Waals surface area contributed by atoms with Crippen LogP contribution >= 0.6 is 11.6 Å². The molecule has 0 fully saturated rings. The van der Waals surface area contributed by atoms with Gasteiger partial charge in [0.15, 0.2) is 0 Å². The quantitative estimate of drug-likeness (QED) is 0.242. The van der Waals surface area contributed by atoms with Crippen LogP contribution in [0.2, 0.25) is 5.02 Å². The van der Waals surface area contributed by atoms with Crippen LogP contribution in [-0.4, -0.2) is 56.1 Å². The minimum Gasteiger partial charge on any atom is -0.494 e. The zero-order valence-corrected chi connectivity index (χ0v) is 27.1. The highest BCUT2D eigenvalue weighted by atomic mass is 35.5. The maximum atomic E-state index is 13.9. The molecule has 2 amide bonds. The molecule has 3 aromatic carbocycles. The molecule has 3 rings (SSSR count). The van der Waals surface area contributed by atoms with E-state index in [0.717, 1.165) is 17.4 Å². The van der Waals surface area contributed by atoms with Crippen LogP contribution in [0, 0.1) is 0 Å². The number of amides is 2. The first-order chi connectivity index (χ1) is 20.3. The molecular weight excluding hydrogens is 586 g/mol. The van der Waals surface area contributed by atoms with Crippen molar-refractivity contribution < 1.29 is 22.7 Å². The molecule has 3 aromatic rings. The number of hydrogen-bond donors (Lipinski definition) is 1. The van der Waals surface area contributed by atoms with Gasteiger partial charge in [-0.2, -0.15) is 0 Å². The fraction of sp³-hybridized carbons (Fsp3) is 0.394. The van der Waals surface area contributed by atoms with Crippen molar-refractivity contribution in [1.29, 1.82) is 0 Å². The Kier molecular flexibility index (Phi) is 12.0. The molecule has 0 bridgehead atoms. The van der Waals surface area contributed by atoms with Crippen molar-refractivity contribution in [2.45, 2.75) is 65.1 Å². The van der Waals surface area contributed by atoms with Crippen molar-refractivity contribution in [1.82, 2.24) is 10.2 Å². The third-order valence-corrected chi connectivity index (χ3v) is 8.03. The summed E-state index contributed by atoms with van der Waals surface area (Å²) < 4.78 is 32.1. The number of nitrogens with one attached hydrogen (secondary N) is 1. The second kappa shape index (κ2) is 15.3. The van der Waals surface area contributed by atoms with E-state index in [4.69, 9.17) is 16.3 Å². The molecule has 10 heteroatoms. The summed E-state index contributed by atoms with van der Waals surface area (Å²) in [6.45, 7) is 8.34. The third kappa shape index (κ3) is 10.9. The first-order valence-electron chi connectivity index (χ1n) is 14.4. The Morgan fingerprint density at radius 1 is 0.953 bits per heavy atom. The molecule has 1 N–H and O–H groups in total. The van der Waals surface area contributed by atoms with E-state index in [1.54, 1.807) is 41.3 Å². The number of benzene rings is 3. The molecule has 0 aliphatic rings. The summed E-state index contributed by atoms with van der Waals surface area (Å²) in [5, 5.41) is 3.57. The first kappa shape index (κ1) is 33.9. The number of carbonyl (C=O) groups excluding carboxylic acids is 2. The molecule has 0 aliphatic carbocycles. The summed E-state index contributed by atoms with van der Waals surface area (Å²) in [6.07, 6.45) is 1.75.